The van der Waals surface area contributed by atoms with Gasteiger partial charge in [0.05, 0.1) is 5.52 Å². The molecule has 1 nitrogen and oxygen atoms in total. The minimum Gasteiger partial charge on any atom is -0.168 e. The number of hydrogen-bond donors (Lipinski definition) is 0. The van der Waals surface area contributed by atoms with E-state index in [1.54, 1.807) is 0 Å². The fourth-order valence-electron chi connectivity index (χ4n) is 5.13. The Kier molecular flexibility index (Phi) is 12.5. The van der Waals surface area contributed by atoms with Crippen LogP contribution in [-0.2, 0) is 20.8 Å². The number of aromatic nitrogens is 1. The maximum atomic E-state index is 4.93. The largest absolute Gasteiger partial charge is 0.168 e. The van der Waals surface area contributed by atoms with Crippen molar-refractivity contribution >= 4 is 69.4 Å². The first-order chi connectivity index (χ1) is 22.1. The molecule has 0 saturated carbocycles. The van der Waals surface area contributed by atoms with Gasteiger partial charge in [-0.2, -0.15) is 23.6 Å². The fourth-order valence-corrected chi connectivity index (χ4v) is 6.19. The van der Waals surface area contributed by atoms with E-state index in [0.29, 0.717) is 0 Å². The number of benzene rings is 5. The van der Waals surface area contributed by atoms with Gasteiger partial charge in [0.15, 0.2) is 0 Å². The summed E-state index contributed by atoms with van der Waals surface area (Å²) in [6.45, 7) is 2.14. The van der Waals surface area contributed by atoms with Crippen LogP contribution in [0.5, 0.6) is 0 Å². The molecule has 0 unspecified atom stereocenters. The van der Waals surface area contributed by atoms with Gasteiger partial charge in [-0.3, -0.25) is 4.98 Å². The van der Waals surface area contributed by atoms with Gasteiger partial charge in [0.2, 0.25) is 0 Å². The molecule has 1 aromatic heterocycles. The molecule has 0 N–H and O–H groups in total. The van der Waals surface area contributed by atoms with Gasteiger partial charge < -0.3 is 0 Å². The molecule has 0 aliphatic rings. The maximum Gasteiger partial charge on any atom is 0.121 e. The number of para-hydroxylation sites is 1. The number of rotatable bonds is 3. The Morgan fingerprint density at radius 3 is 1.91 bits per heavy atom. The minimum absolute atomic E-state index is 0.777. The van der Waals surface area contributed by atoms with Gasteiger partial charge in [-0.05, 0) is 17.7 Å². The first-order valence-corrected chi connectivity index (χ1v) is 21.9. The molecule has 0 aliphatic carbocycles. The molecule has 1 heterocycles. The zero-order valence-electron chi connectivity index (χ0n) is 24.9. The van der Waals surface area contributed by atoms with E-state index in [4.69, 9.17) is 17.0 Å². The molecule has 7 aromatic carbocycles. The van der Waals surface area contributed by atoms with Crippen LogP contribution in [0.2, 0.25) is 0 Å². The van der Waals surface area contributed by atoms with Crippen LogP contribution in [0.25, 0.3) is 43.6 Å². The second-order valence-electron chi connectivity index (χ2n) is 10.3. The quantitative estimate of drug-likeness (QED) is 0.131. The summed E-state index contributed by atoms with van der Waals surface area (Å²) in [5.74, 6) is 0. The monoisotopic (exact) mass is 713 g/mol. The van der Waals surface area contributed by atoms with E-state index in [2.05, 4.69) is 164 Å². The van der Waals surface area contributed by atoms with E-state index < -0.39 is 20.8 Å². The second-order valence-corrected chi connectivity index (χ2v) is 15.5. The van der Waals surface area contributed by atoms with Crippen molar-refractivity contribution in [1.29, 1.82) is 0 Å². The molecule has 218 valence electrons. The normalized spacial score (nSPS) is 10.1. The predicted molar refractivity (Wildman–Crippen MR) is 194 cm³/mol. The van der Waals surface area contributed by atoms with E-state index in [1.165, 1.54) is 54.0 Å². The third-order valence-electron chi connectivity index (χ3n) is 7.18. The van der Waals surface area contributed by atoms with Crippen molar-refractivity contribution in [1.82, 2.24) is 4.98 Å². The van der Waals surface area contributed by atoms with Gasteiger partial charge in [-0.1, -0.05) is 114 Å². The average molecular weight is 716 g/mol. The smallest absolute Gasteiger partial charge is 0.121 e. The average Bonchev–Trinajstić information content (AvgIpc) is 3.72. The summed E-state index contributed by atoms with van der Waals surface area (Å²) >= 11 is -0.826. The van der Waals surface area contributed by atoms with Crippen molar-refractivity contribution in [3.8, 4) is 11.1 Å². The Morgan fingerprint density at radius 2 is 1.22 bits per heavy atom. The molecule has 0 fully saturated rings. The van der Waals surface area contributed by atoms with E-state index >= 15 is 0 Å². The van der Waals surface area contributed by atoms with Gasteiger partial charge in [-0.25, -0.2) is 0 Å². The summed E-state index contributed by atoms with van der Waals surface area (Å²) in [6, 6.07) is 57.2. The van der Waals surface area contributed by atoms with Crippen LogP contribution in [-0.4, -0.2) is 14.5 Å². The van der Waals surface area contributed by atoms with E-state index in [0.717, 1.165) is 15.0 Å². The van der Waals surface area contributed by atoms with Crippen LogP contribution in [0.1, 0.15) is 5.56 Å². The third kappa shape index (κ3) is 9.45. The first kappa shape index (κ1) is 32.8. The van der Waals surface area contributed by atoms with Gasteiger partial charge in [-0.15, -0.1) is 64.2 Å². The van der Waals surface area contributed by atoms with Gasteiger partial charge in [0.25, 0.3) is 0 Å². The fraction of sp³-hybridized carbons (Fsp3) is 0.0250. The molecule has 0 saturated heterocycles. The molecule has 45 heavy (non-hydrogen) atoms. The Bertz CT molecular complexity index is 1980. The first-order valence-electron chi connectivity index (χ1n) is 14.6. The molecule has 2 radical (unpaired) electrons. The second kappa shape index (κ2) is 17.2. The molecule has 0 amide bonds. The third-order valence-corrected chi connectivity index (χ3v) is 8.42. The van der Waals surface area contributed by atoms with Crippen LogP contribution in [0.3, 0.4) is 0 Å². The predicted octanol–water partition coefficient (Wildman–Crippen LogP) is 10.4. The summed E-state index contributed by atoms with van der Waals surface area (Å²) < 4.78 is 0. The summed E-state index contributed by atoms with van der Waals surface area (Å²) in [4.78, 5) is 4.57. The molecular formula is C40H31Cl2NSiZr. The summed E-state index contributed by atoms with van der Waals surface area (Å²) in [7, 11) is 10.6. The van der Waals surface area contributed by atoms with Crippen molar-refractivity contribution < 1.29 is 20.8 Å². The number of nitrogens with zero attached hydrogens (tertiary/aromatic N) is 1. The van der Waals surface area contributed by atoms with Crippen LogP contribution < -0.4 is 10.4 Å². The van der Waals surface area contributed by atoms with Crippen LogP contribution in [0.4, 0.5) is 0 Å². The van der Waals surface area contributed by atoms with Crippen molar-refractivity contribution in [2.24, 2.45) is 0 Å². The molecule has 8 aromatic rings. The van der Waals surface area contributed by atoms with Crippen molar-refractivity contribution in [3.05, 3.63) is 176 Å². The zero-order valence-corrected chi connectivity index (χ0v) is 29.8. The van der Waals surface area contributed by atoms with Gasteiger partial charge in [0, 0.05) is 11.6 Å². The molecule has 8 rings (SSSR count). The number of aryl methyl sites for hydroxylation is 1. The number of fused-ring (bicyclic) bond motifs is 3. The van der Waals surface area contributed by atoms with Crippen LogP contribution in [0, 0.1) is 6.92 Å². The van der Waals surface area contributed by atoms with Crippen LogP contribution >= 0.6 is 17.0 Å². The van der Waals surface area contributed by atoms with Crippen molar-refractivity contribution in [2.45, 2.75) is 6.92 Å². The minimum atomic E-state index is -0.826. The number of pyridine rings is 1. The molecule has 0 atom stereocenters. The number of halogens is 2. The Balaban J connectivity index is 0.000000137. The zero-order chi connectivity index (χ0) is 31.3. The molecule has 5 heteroatoms. The summed E-state index contributed by atoms with van der Waals surface area (Å²) in [5, 5.41) is 9.25. The summed E-state index contributed by atoms with van der Waals surface area (Å²) in [5.41, 5.74) is 4.79. The Labute approximate surface area is 286 Å². The van der Waals surface area contributed by atoms with Gasteiger partial charge >= 0.3 is 37.9 Å². The van der Waals surface area contributed by atoms with E-state index in [9.17, 15) is 0 Å². The standard InChI is InChI=1S/C19H14N.C12H10Si.C9H7.2ClH.Zr/c1-13-9-14-6-4-7-17(18(14)10-13)16-11-15-5-2-3-8-19(15)20-12-16;1-3-7-11(8-4-1)13-12-9-5-2-6-10-12;1-2-5-9-7-3-6-8(9)4-1;;;/h2-12H,1H3;1-10H;1-7H;2*1H;/q-1;;-1;;;+4/p-2. The summed E-state index contributed by atoms with van der Waals surface area (Å²) in [6.07, 6.45) is 1.97. The molecule has 0 aliphatic heterocycles. The van der Waals surface area contributed by atoms with Crippen molar-refractivity contribution in [3.63, 3.8) is 0 Å². The maximum absolute atomic E-state index is 4.93. The SMILES string of the molecule is Cc1cc2c(-c3cnc4ccccc4c3)cccc2[cH-]1.[Cl][Zr+2][Cl].c1ccc([Si]c2ccccc2)cc1.c1ccc2[cH-]ccc2c1. The van der Waals surface area contributed by atoms with E-state index in [1.807, 2.05) is 18.3 Å². The topological polar surface area (TPSA) is 12.9 Å². The van der Waals surface area contributed by atoms with Crippen LogP contribution in [0.15, 0.2) is 170 Å². The molecule has 0 spiro atoms. The van der Waals surface area contributed by atoms with Crippen molar-refractivity contribution in [2.75, 3.05) is 0 Å². The Hall–Kier alpha value is -3.59. The molecular weight excluding hydrogens is 685 g/mol. The van der Waals surface area contributed by atoms with Gasteiger partial charge in [0.1, 0.15) is 9.52 Å². The molecule has 0 bridgehead atoms. The van der Waals surface area contributed by atoms with E-state index in [-0.39, 0.29) is 0 Å². The Morgan fingerprint density at radius 1 is 0.622 bits per heavy atom. The number of hydrogen-bond acceptors (Lipinski definition) is 1.